The van der Waals surface area contributed by atoms with Gasteiger partial charge in [0.15, 0.2) is 6.10 Å². The molecule has 0 radical (unpaired) electrons. The molecule has 1 heterocycles. The van der Waals surface area contributed by atoms with Crippen LogP contribution < -0.4 is 5.32 Å². The number of halogens is 3. The Morgan fingerprint density at radius 1 is 1.56 bits per heavy atom. The third kappa shape index (κ3) is 4.19. The summed E-state index contributed by atoms with van der Waals surface area (Å²) in [7, 11) is 0. The number of aliphatic hydroxyl groups excluding tert-OH is 1. The Labute approximate surface area is 93.9 Å². The van der Waals surface area contributed by atoms with Gasteiger partial charge < -0.3 is 10.4 Å². The second-order valence-corrected chi connectivity index (χ2v) is 3.95. The lowest BCUT2D eigenvalue weighted by Gasteiger charge is -2.14. The predicted molar refractivity (Wildman–Crippen MR) is 53.1 cm³/mol. The van der Waals surface area contributed by atoms with Crippen LogP contribution in [0.2, 0.25) is 0 Å². The highest BCUT2D eigenvalue weighted by Gasteiger charge is 2.38. The van der Waals surface area contributed by atoms with E-state index in [1.165, 1.54) is 11.3 Å². The van der Waals surface area contributed by atoms with Crippen LogP contribution in [0.15, 0.2) is 16.8 Å². The zero-order valence-corrected chi connectivity index (χ0v) is 8.94. The molecule has 1 amide bonds. The van der Waals surface area contributed by atoms with E-state index >= 15 is 0 Å². The molecule has 90 valence electrons. The van der Waals surface area contributed by atoms with Gasteiger partial charge in [-0.3, -0.25) is 4.79 Å². The van der Waals surface area contributed by atoms with Crippen molar-refractivity contribution in [3.8, 4) is 0 Å². The summed E-state index contributed by atoms with van der Waals surface area (Å²) in [6.45, 7) is -0.813. The van der Waals surface area contributed by atoms with Gasteiger partial charge in [0.2, 0.25) is 5.91 Å². The molecule has 0 bridgehead atoms. The van der Waals surface area contributed by atoms with Gasteiger partial charge in [0.05, 0.1) is 13.0 Å². The van der Waals surface area contributed by atoms with Gasteiger partial charge in [0.25, 0.3) is 0 Å². The largest absolute Gasteiger partial charge is 0.416 e. The molecule has 1 atom stereocenters. The normalized spacial score (nSPS) is 13.5. The monoisotopic (exact) mass is 253 g/mol. The summed E-state index contributed by atoms with van der Waals surface area (Å²) in [5, 5.41) is 14.2. The van der Waals surface area contributed by atoms with Crippen molar-refractivity contribution in [2.75, 3.05) is 6.54 Å². The smallest absolute Gasteiger partial charge is 0.382 e. The van der Waals surface area contributed by atoms with Gasteiger partial charge in [-0.05, 0) is 22.4 Å². The van der Waals surface area contributed by atoms with E-state index in [4.69, 9.17) is 5.11 Å². The number of amides is 1. The van der Waals surface area contributed by atoms with E-state index in [0.717, 1.165) is 5.56 Å². The van der Waals surface area contributed by atoms with Crippen LogP contribution >= 0.6 is 11.3 Å². The summed E-state index contributed by atoms with van der Waals surface area (Å²) in [5.41, 5.74) is 0.740. The Morgan fingerprint density at radius 2 is 2.25 bits per heavy atom. The van der Waals surface area contributed by atoms with Crippen molar-refractivity contribution in [2.45, 2.75) is 18.7 Å². The maximum atomic E-state index is 11.9. The van der Waals surface area contributed by atoms with Crippen LogP contribution in [0.1, 0.15) is 5.56 Å². The number of alkyl halides is 3. The van der Waals surface area contributed by atoms with Crippen molar-refractivity contribution in [2.24, 2.45) is 0 Å². The summed E-state index contributed by atoms with van der Waals surface area (Å²) in [4.78, 5) is 11.2. The van der Waals surface area contributed by atoms with Gasteiger partial charge in [-0.1, -0.05) is 0 Å². The lowest BCUT2D eigenvalue weighted by Crippen LogP contribution is -2.41. The zero-order chi connectivity index (χ0) is 12.2. The molecule has 0 aliphatic heterocycles. The van der Waals surface area contributed by atoms with E-state index < -0.39 is 24.7 Å². The SMILES string of the molecule is O=C(Cc1ccsc1)NCC(O)C(F)(F)F. The first kappa shape index (κ1) is 13.0. The number of hydrogen-bond donors (Lipinski definition) is 2. The number of thiophene rings is 1. The maximum Gasteiger partial charge on any atom is 0.416 e. The van der Waals surface area contributed by atoms with Crippen molar-refractivity contribution in [3.05, 3.63) is 22.4 Å². The lowest BCUT2D eigenvalue weighted by molar-refractivity contribution is -0.201. The van der Waals surface area contributed by atoms with Crippen LogP contribution in [0, 0.1) is 0 Å². The topological polar surface area (TPSA) is 49.3 Å². The van der Waals surface area contributed by atoms with Gasteiger partial charge >= 0.3 is 6.18 Å². The number of nitrogens with one attached hydrogen (secondary N) is 1. The summed E-state index contributed by atoms with van der Waals surface area (Å²) >= 11 is 1.40. The summed E-state index contributed by atoms with van der Waals surface area (Å²) < 4.78 is 35.6. The molecule has 2 N–H and O–H groups in total. The number of rotatable bonds is 4. The minimum Gasteiger partial charge on any atom is -0.382 e. The van der Waals surface area contributed by atoms with Crippen LogP contribution in [0.4, 0.5) is 13.2 Å². The fourth-order valence-electron chi connectivity index (χ4n) is 0.967. The summed E-state index contributed by atoms with van der Waals surface area (Å²) in [5.74, 6) is -0.540. The number of aliphatic hydroxyl groups is 1. The van der Waals surface area contributed by atoms with Crippen molar-refractivity contribution < 1.29 is 23.1 Å². The maximum absolute atomic E-state index is 11.9. The molecule has 3 nitrogen and oxygen atoms in total. The molecule has 1 unspecified atom stereocenters. The van der Waals surface area contributed by atoms with E-state index in [0.29, 0.717) is 0 Å². The average molecular weight is 253 g/mol. The zero-order valence-electron chi connectivity index (χ0n) is 8.12. The molecule has 0 aliphatic carbocycles. The molecule has 7 heteroatoms. The van der Waals surface area contributed by atoms with Gasteiger partial charge in [-0.2, -0.15) is 24.5 Å². The van der Waals surface area contributed by atoms with Crippen LogP contribution in [0.25, 0.3) is 0 Å². The second-order valence-electron chi connectivity index (χ2n) is 3.17. The Hall–Kier alpha value is -1.08. The standard InChI is InChI=1S/C9H10F3NO2S/c10-9(11,12)7(14)4-13-8(15)3-6-1-2-16-5-6/h1-2,5,7,14H,3-4H2,(H,13,15). The van der Waals surface area contributed by atoms with Crippen molar-refractivity contribution >= 4 is 17.2 Å². The third-order valence-electron chi connectivity index (χ3n) is 1.82. The van der Waals surface area contributed by atoms with Crippen LogP contribution in [0.3, 0.4) is 0 Å². The van der Waals surface area contributed by atoms with Gasteiger partial charge in [0.1, 0.15) is 0 Å². The molecule has 0 saturated carbocycles. The quantitative estimate of drug-likeness (QED) is 0.850. The van der Waals surface area contributed by atoms with Crippen LogP contribution in [0.5, 0.6) is 0 Å². The third-order valence-corrected chi connectivity index (χ3v) is 2.55. The Kier molecular flexibility index (Phi) is 4.31. The highest BCUT2D eigenvalue weighted by Crippen LogP contribution is 2.19. The first-order chi connectivity index (χ1) is 7.39. The highest BCUT2D eigenvalue weighted by atomic mass is 32.1. The van der Waals surface area contributed by atoms with Gasteiger partial charge in [0, 0.05) is 0 Å². The molecule has 16 heavy (non-hydrogen) atoms. The first-order valence-corrected chi connectivity index (χ1v) is 5.36. The molecule has 1 rings (SSSR count). The second kappa shape index (κ2) is 5.31. The molecular weight excluding hydrogens is 243 g/mol. The van der Waals surface area contributed by atoms with Crippen molar-refractivity contribution in [1.29, 1.82) is 0 Å². The Balaban J connectivity index is 2.31. The van der Waals surface area contributed by atoms with Crippen molar-refractivity contribution in [3.63, 3.8) is 0 Å². The summed E-state index contributed by atoms with van der Waals surface area (Å²) in [6.07, 6.45) is -7.19. The van der Waals surface area contributed by atoms with E-state index in [2.05, 4.69) is 0 Å². The van der Waals surface area contributed by atoms with E-state index in [-0.39, 0.29) is 6.42 Å². The van der Waals surface area contributed by atoms with Crippen LogP contribution in [-0.2, 0) is 11.2 Å². The number of hydrogen-bond acceptors (Lipinski definition) is 3. The predicted octanol–water partition coefficient (Wildman–Crippen LogP) is 1.33. The van der Waals surface area contributed by atoms with Crippen LogP contribution in [-0.4, -0.2) is 29.8 Å². The Bertz CT molecular complexity index is 337. The van der Waals surface area contributed by atoms with Crippen molar-refractivity contribution in [1.82, 2.24) is 5.32 Å². The molecule has 0 fully saturated rings. The summed E-state index contributed by atoms with van der Waals surface area (Å²) in [6, 6.07) is 1.71. The van der Waals surface area contributed by atoms with Gasteiger partial charge in [-0.15, -0.1) is 0 Å². The molecule has 0 saturated heterocycles. The number of carbonyl (C=O) groups is 1. The lowest BCUT2D eigenvalue weighted by atomic mass is 10.2. The fraction of sp³-hybridized carbons (Fsp3) is 0.444. The molecule has 0 aromatic carbocycles. The van der Waals surface area contributed by atoms with Gasteiger partial charge in [-0.25, -0.2) is 0 Å². The molecular formula is C9H10F3NO2S. The van der Waals surface area contributed by atoms with E-state index in [1.807, 2.05) is 5.32 Å². The minimum atomic E-state index is -4.70. The molecule has 0 spiro atoms. The minimum absolute atomic E-state index is 0.0219. The Morgan fingerprint density at radius 3 is 2.75 bits per heavy atom. The fourth-order valence-corrected chi connectivity index (χ4v) is 1.64. The van der Waals surface area contributed by atoms with E-state index in [9.17, 15) is 18.0 Å². The highest BCUT2D eigenvalue weighted by molar-refractivity contribution is 7.07. The molecule has 0 aliphatic rings. The van der Waals surface area contributed by atoms with E-state index in [1.54, 1.807) is 16.8 Å². The average Bonchev–Trinajstić information content (AvgIpc) is 2.65. The first-order valence-electron chi connectivity index (χ1n) is 4.42. The molecule has 1 aromatic heterocycles. The number of carbonyl (C=O) groups excluding carboxylic acids is 1. The molecule has 1 aromatic rings.